The summed E-state index contributed by atoms with van der Waals surface area (Å²) in [4.78, 5) is 25.9. The van der Waals surface area contributed by atoms with Crippen molar-refractivity contribution in [3.8, 4) is 5.69 Å². The van der Waals surface area contributed by atoms with Gasteiger partial charge in [-0.25, -0.2) is 18.7 Å². The Morgan fingerprint density at radius 2 is 1.93 bits per heavy atom. The van der Waals surface area contributed by atoms with Crippen LogP contribution in [0.3, 0.4) is 0 Å². The summed E-state index contributed by atoms with van der Waals surface area (Å²) in [6.45, 7) is 1.66. The highest BCUT2D eigenvalue weighted by molar-refractivity contribution is 6.03. The Labute approximate surface area is 154 Å². The number of methoxy groups -OCH3 is 2. The molecule has 0 bridgehead atoms. The number of hydrogen-bond acceptors (Lipinski definition) is 7. The van der Waals surface area contributed by atoms with Crippen LogP contribution in [0.1, 0.15) is 5.56 Å². The molecule has 0 aliphatic carbocycles. The first-order chi connectivity index (χ1) is 13.0. The quantitative estimate of drug-likeness (QED) is 0.753. The summed E-state index contributed by atoms with van der Waals surface area (Å²) < 4.78 is 30.6. The van der Waals surface area contributed by atoms with E-state index in [2.05, 4.69) is 5.10 Å². The molecule has 1 aliphatic rings. The van der Waals surface area contributed by atoms with Crippen LogP contribution in [0, 0.1) is 12.7 Å². The highest BCUT2D eigenvalue weighted by atomic mass is 19.1. The molecule has 2 aromatic rings. The lowest BCUT2D eigenvalue weighted by Gasteiger charge is -2.32. The van der Waals surface area contributed by atoms with E-state index >= 15 is 0 Å². The van der Waals surface area contributed by atoms with Crippen LogP contribution < -0.4 is 4.90 Å². The van der Waals surface area contributed by atoms with Crippen molar-refractivity contribution < 1.29 is 28.2 Å². The van der Waals surface area contributed by atoms with E-state index in [0.29, 0.717) is 11.4 Å². The van der Waals surface area contributed by atoms with E-state index in [0.717, 1.165) is 5.56 Å². The third-order valence-corrected chi connectivity index (χ3v) is 4.02. The van der Waals surface area contributed by atoms with Crippen LogP contribution in [0.4, 0.5) is 10.1 Å². The molecule has 1 aromatic carbocycles. The van der Waals surface area contributed by atoms with Crippen molar-refractivity contribution in [1.82, 2.24) is 9.78 Å². The van der Waals surface area contributed by atoms with Crippen LogP contribution in [-0.4, -0.2) is 49.3 Å². The van der Waals surface area contributed by atoms with Gasteiger partial charge in [0.25, 0.3) is 0 Å². The fourth-order valence-electron chi connectivity index (χ4n) is 2.78. The van der Waals surface area contributed by atoms with Crippen molar-refractivity contribution in [3.05, 3.63) is 53.2 Å². The Hall–Kier alpha value is -3.20. The molecule has 0 amide bonds. The van der Waals surface area contributed by atoms with Crippen LogP contribution in [0.5, 0.6) is 0 Å². The molecule has 2 heterocycles. The zero-order valence-corrected chi connectivity index (χ0v) is 15.1. The second-order valence-corrected chi connectivity index (χ2v) is 5.81. The van der Waals surface area contributed by atoms with Gasteiger partial charge in [-0.3, -0.25) is 0 Å². The van der Waals surface area contributed by atoms with Crippen molar-refractivity contribution >= 4 is 17.6 Å². The van der Waals surface area contributed by atoms with E-state index in [1.807, 2.05) is 6.92 Å². The maximum atomic E-state index is 14.0. The van der Waals surface area contributed by atoms with Gasteiger partial charge in [0.1, 0.15) is 18.2 Å². The first kappa shape index (κ1) is 18.6. The molecule has 0 radical (unpaired) electrons. The summed E-state index contributed by atoms with van der Waals surface area (Å²) in [5.74, 6) is -2.01. The number of esters is 2. The lowest BCUT2D eigenvalue weighted by molar-refractivity contribution is -0.140. The molecule has 0 spiro atoms. The number of nitrogens with zero attached hydrogens (tertiary/aromatic N) is 3. The average Bonchev–Trinajstić information content (AvgIpc) is 3.12. The highest BCUT2D eigenvalue weighted by Crippen LogP contribution is 2.32. The van der Waals surface area contributed by atoms with Crippen LogP contribution in [0.15, 0.2) is 41.9 Å². The molecule has 27 heavy (non-hydrogen) atoms. The Kier molecular flexibility index (Phi) is 5.22. The van der Waals surface area contributed by atoms with E-state index in [-0.39, 0.29) is 24.6 Å². The van der Waals surface area contributed by atoms with E-state index in [4.69, 9.17) is 14.2 Å². The Bertz CT molecular complexity index is 921. The Balaban J connectivity index is 2.20. The monoisotopic (exact) mass is 375 g/mol. The molecule has 1 aromatic heterocycles. The molecule has 142 valence electrons. The van der Waals surface area contributed by atoms with Gasteiger partial charge in [-0.1, -0.05) is 0 Å². The second-order valence-electron chi connectivity index (χ2n) is 5.81. The summed E-state index contributed by atoms with van der Waals surface area (Å²) in [7, 11) is 2.39. The van der Waals surface area contributed by atoms with Crippen molar-refractivity contribution in [2.75, 3.05) is 32.5 Å². The van der Waals surface area contributed by atoms with Crippen LogP contribution in [-0.2, 0) is 23.8 Å². The first-order valence-electron chi connectivity index (χ1n) is 8.02. The fourth-order valence-corrected chi connectivity index (χ4v) is 2.78. The van der Waals surface area contributed by atoms with Crippen LogP contribution in [0.2, 0.25) is 0 Å². The highest BCUT2D eigenvalue weighted by Gasteiger charge is 2.33. The first-order valence-corrected chi connectivity index (χ1v) is 8.02. The molecule has 0 fully saturated rings. The number of benzene rings is 1. The number of hydrogen-bond donors (Lipinski definition) is 0. The largest absolute Gasteiger partial charge is 0.466 e. The lowest BCUT2D eigenvalue weighted by Crippen LogP contribution is -2.39. The normalized spacial score (nSPS) is 14.3. The number of carbonyl (C=O) groups excluding carboxylic acids is 2. The molecule has 3 rings (SSSR count). The summed E-state index contributed by atoms with van der Waals surface area (Å²) in [5.41, 5.74) is 1.62. The van der Waals surface area contributed by atoms with Crippen molar-refractivity contribution in [2.45, 2.75) is 6.92 Å². The number of rotatable bonds is 4. The maximum absolute atomic E-state index is 14.0. The minimum atomic E-state index is -0.759. The third kappa shape index (κ3) is 3.54. The third-order valence-electron chi connectivity index (χ3n) is 4.02. The van der Waals surface area contributed by atoms with E-state index in [9.17, 15) is 14.0 Å². The summed E-state index contributed by atoms with van der Waals surface area (Å²) in [6, 6.07) is 4.04. The van der Waals surface area contributed by atoms with E-state index in [1.165, 1.54) is 37.3 Å². The molecule has 0 saturated heterocycles. The zero-order valence-electron chi connectivity index (χ0n) is 15.1. The van der Waals surface area contributed by atoms with E-state index < -0.39 is 17.8 Å². The number of ether oxygens (including phenoxy) is 3. The molecule has 8 nitrogen and oxygen atoms in total. The standard InChI is InChI=1S/C18H18FN3O5/c1-11-7-20-22(8-11)14-5-4-12(19)6-15(14)21-10-27-9-13(17(23)25-2)16(21)18(24)26-3/h4-8H,9-10H2,1-3H3. The number of aryl methyl sites for hydroxylation is 1. The van der Waals surface area contributed by atoms with Gasteiger partial charge in [0.15, 0.2) is 0 Å². The Morgan fingerprint density at radius 3 is 2.56 bits per heavy atom. The molecular formula is C18H18FN3O5. The predicted molar refractivity (Wildman–Crippen MR) is 92.6 cm³/mol. The summed E-state index contributed by atoms with van der Waals surface area (Å²) in [5, 5.41) is 4.23. The summed E-state index contributed by atoms with van der Waals surface area (Å²) in [6.07, 6.45) is 3.40. The molecule has 0 unspecified atom stereocenters. The fraction of sp³-hybridized carbons (Fsp3) is 0.278. The molecule has 0 saturated carbocycles. The Morgan fingerprint density at radius 1 is 1.19 bits per heavy atom. The number of halogens is 1. The summed E-state index contributed by atoms with van der Waals surface area (Å²) >= 11 is 0. The number of carbonyl (C=O) groups is 2. The van der Waals surface area contributed by atoms with Crippen LogP contribution >= 0.6 is 0 Å². The number of aromatic nitrogens is 2. The van der Waals surface area contributed by atoms with Gasteiger partial charge in [0.2, 0.25) is 0 Å². The molecule has 0 atom stereocenters. The zero-order chi connectivity index (χ0) is 19.6. The van der Waals surface area contributed by atoms with Gasteiger partial charge in [0.05, 0.1) is 44.0 Å². The van der Waals surface area contributed by atoms with Crippen molar-refractivity contribution in [3.63, 3.8) is 0 Å². The maximum Gasteiger partial charge on any atom is 0.355 e. The minimum absolute atomic E-state index is 0.0116. The van der Waals surface area contributed by atoms with Gasteiger partial charge >= 0.3 is 11.9 Å². The molecular weight excluding hydrogens is 357 g/mol. The smallest absolute Gasteiger partial charge is 0.355 e. The second kappa shape index (κ2) is 7.58. The predicted octanol–water partition coefficient (Wildman–Crippen LogP) is 1.71. The average molecular weight is 375 g/mol. The molecule has 1 aliphatic heterocycles. The van der Waals surface area contributed by atoms with Crippen molar-refractivity contribution in [2.24, 2.45) is 0 Å². The molecule has 0 N–H and O–H groups in total. The van der Waals surface area contributed by atoms with E-state index in [1.54, 1.807) is 17.1 Å². The van der Waals surface area contributed by atoms with Gasteiger partial charge in [-0.15, -0.1) is 0 Å². The molecule has 9 heteroatoms. The minimum Gasteiger partial charge on any atom is -0.466 e. The number of anilines is 1. The topological polar surface area (TPSA) is 82.9 Å². The van der Waals surface area contributed by atoms with Crippen LogP contribution in [0.25, 0.3) is 5.69 Å². The lowest BCUT2D eigenvalue weighted by atomic mass is 10.1. The van der Waals surface area contributed by atoms with Crippen molar-refractivity contribution in [1.29, 1.82) is 0 Å². The SMILES string of the molecule is COC(=O)C1=C(C(=O)OC)N(c2cc(F)ccc2-n2cc(C)cn2)COC1. The van der Waals surface area contributed by atoms with Gasteiger partial charge < -0.3 is 19.1 Å². The van der Waals surface area contributed by atoms with Gasteiger partial charge in [-0.2, -0.15) is 5.10 Å². The van der Waals surface area contributed by atoms with Gasteiger partial charge in [0, 0.05) is 6.20 Å². The van der Waals surface area contributed by atoms with Gasteiger partial charge in [-0.05, 0) is 30.7 Å².